The first kappa shape index (κ1) is 12.7. The van der Waals surface area contributed by atoms with Crippen LogP contribution in [0, 0.1) is 12.9 Å². The van der Waals surface area contributed by atoms with Crippen molar-refractivity contribution in [2.75, 3.05) is 0 Å². The molecule has 0 aliphatic carbocycles. The molecule has 94 valence electrons. The Morgan fingerprint density at radius 3 is 2.83 bits per heavy atom. The van der Waals surface area contributed by atoms with Crippen LogP contribution < -0.4 is 5.32 Å². The van der Waals surface area contributed by atoms with Gasteiger partial charge in [-0.3, -0.25) is 4.79 Å². The molecule has 2 aromatic heterocycles. The predicted molar refractivity (Wildman–Crippen MR) is 69.1 cm³/mol. The predicted octanol–water partition coefficient (Wildman–Crippen LogP) is 3.08. The van der Waals surface area contributed by atoms with Crippen LogP contribution in [-0.2, 0) is 0 Å². The number of hydrogen-bond acceptors (Lipinski definition) is 3. The van der Waals surface area contributed by atoms with Crippen molar-refractivity contribution in [2.24, 2.45) is 0 Å². The van der Waals surface area contributed by atoms with E-state index in [1.165, 1.54) is 17.1 Å². The summed E-state index contributed by atoms with van der Waals surface area (Å²) in [5, 5.41) is 2.83. The first-order valence-corrected chi connectivity index (χ1v) is 6.36. The Bertz CT molecular complexity index is 568. The fourth-order valence-corrected chi connectivity index (χ4v) is 2.46. The summed E-state index contributed by atoms with van der Waals surface area (Å²) >= 11 is 1.64. The van der Waals surface area contributed by atoms with Crippen molar-refractivity contribution in [3.05, 3.63) is 51.7 Å². The van der Waals surface area contributed by atoms with E-state index in [2.05, 4.69) is 10.3 Å². The van der Waals surface area contributed by atoms with Crippen molar-refractivity contribution in [1.82, 2.24) is 10.3 Å². The third-order valence-electron chi connectivity index (χ3n) is 2.52. The highest BCUT2D eigenvalue weighted by atomic mass is 32.1. The second kappa shape index (κ2) is 5.27. The Hall–Kier alpha value is -1.75. The molecule has 1 amide bonds. The number of nitrogens with one attached hydrogen (secondary N) is 1. The lowest BCUT2D eigenvalue weighted by atomic mass is 10.2. The highest BCUT2D eigenvalue weighted by Crippen LogP contribution is 2.22. The maximum atomic E-state index is 12.9. The van der Waals surface area contributed by atoms with E-state index in [9.17, 15) is 9.18 Å². The number of pyridine rings is 1. The van der Waals surface area contributed by atoms with E-state index in [4.69, 9.17) is 0 Å². The largest absolute Gasteiger partial charge is 0.345 e. The minimum atomic E-state index is -0.651. The second-order valence-electron chi connectivity index (χ2n) is 4.01. The fourth-order valence-electron chi connectivity index (χ4n) is 1.58. The fraction of sp³-hybridized carbons (Fsp3) is 0.231. The first-order chi connectivity index (χ1) is 8.56. The van der Waals surface area contributed by atoms with Gasteiger partial charge in [-0.25, -0.2) is 4.98 Å². The summed E-state index contributed by atoms with van der Waals surface area (Å²) in [5.41, 5.74) is 0.280. The lowest BCUT2D eigenvalue weighted by Crippen LogP contribution is -2.26. The van der Waals surface area contributed by atoms with Gasteiger partial charge in [-0.2, -0.15) is 4.39 Å². The molecule has 1 atom stereocenters. The van der Waals surface area contributed by atoms with Crippen LogP contribution in [-0.4, -0.2) is 10.9 Å². The molecule has 0 aliphatic heterocycles. The number of nitrogens with zero attached hydrogens (tertiary/aromatic N) is 1. The number of carbonyl (C=O) groups is 1. The third-order valence-corrected chi connectivity index (χ3v) is 3.71. The molecule has 18 heavy (non-hydrogen) atoms. The number of carbonyl (C=O) groups excluding carboxylic acids is 1. The van der Waals surface area contributed by atoms with E-state index in [-0.39, 0.29) is 17.5 Å². The zero-order chi connectivity index (χ0) is 13.1. The Morgan fingerprint density at radius 1 is 1.44 bits per heavy atom. The van der Waals surface area contributed by atoms with Gasteiger partial charge in [0, 0.05) is 27.6 Å². The average Bonchev–Trinajstić information content (AvgIpc) is 2.76. The summed E-state index contributed by atoms with van der Waals surface area (Å²) in [6.45, 7) is 3.92. The number of hydrogen-bond donors (Lipinski definition) is 1. The van der Waals surface area contributed by atoms with Gasteiger partial charge in [0.25, 0.3) is 5.91 Å². The Morgan fingerprint density at radius 2 is 2.22 bits per heavy atom. The first-order valence-electron chi connectivity index (χ1n) is 5.55. The molecule has 0 aromatic carbocycles. The van der Waals surface area contributed by atoms with Gasteiger partial charge >= 0.3 is 0 Å². The molecule has 2 rings (SSSR count). The molecule has 0 radical (unpaired) electrons. The summed E-state index contributed by atoms with van der Waals surface area (Å²) in [6, 6.07) is 6.52. The van der Waals surface area contributed by atoms with Crippen LogP contribution in [0.3, 0.4) is 0 Å². The SMILES string of the molecule is Cc1ccc(C(C)NC(=O)c2ccnc(F)c2)s1. The van der Waals surface area contributed by atoms with Crippen molar-refractivity contribution in [3.8, 4) is 0 Å². The minimum absolute atomic E-state index is 0.0903. The van der Waals surface area contributed by atoms with Gasteiger partial charge in [-0.05, 0) is 32.0 Å². The van der Waals surface area contributed by atoms with Gasteiger partial charge in [-0.15, -0.1) is 11.3 Å². The van der Waals surface area contributed by atoms with Crippen LogP contribution in [0.15, 0.2) is 30.5 Å². The van der Waals surface area contributed by atoms with Crippen LogP contribution in [0.4, 0.5) is 4.39 Å². The lowest BCUT2D eigenvalue weighted by molar-refractivity contribution is 0.0940. The number of thiophene rings is 1. The number of aromatic nitrogens is 1. The Balaban J connectivity index is 2.08. The summed E-state index contributed by atoms with van der Waals surface area (Å²) in [7, 11) is 0. The highest BCUT2D eigenvalue weighted by Gasteiger charge is 2.13. The Labute approximate surface area is 109 Å². The molecule has 1 unspecified atom stereocenters. The van der Waals surface area contributed by atoms with Crippen LogP contribution in [0.1, 0.15) is 33.1 Å². The maximum absolute atomic E-state index is 12.9. The lowest BCUT2D eigenvalue weighted by Gasteiger charge is -2.12. The van der Waals surface area contributed by atoms with Crippen molar-refractivity contribution in [3.63, 3.8) is 0 Å². The second-order valence-corrected chi connectivity index (χ2v) is 5.33. The van der Waals surface area contributed by atoms with Gasteiger partial charge in [-0.1, -0.05) is 0 Å². The molecule has 0 bridgehead atoms. The third kappa shape index (κ3) is 2.92. The van der Waals surface area contributed by atoms with Crippen LogP contribution >= 0.6 is 11.3 Å². The zero-order valence-electron chi connectivity index (χ0n) is 10.1. The van der Waals surface area contributed by atoms with Crippen LogP contribution in [0.5, 0.6) is 0 Å². The van der Waals surface area contributed by atoms with Gasteiger partial charge < -0.3 is 5.32 Å². The van der Waals surface area contributed by atoms with Gasteiger partial charge in [0.05, 0.1) is 6.04 Å². The van der Waals surface area contributed by atoms with E-state index in [0.29, 0.717) is 0 Å². The molecule has 0 aliphatic rings. The number of amides is 1. The molecule has 5 heteroatoms. The monoisotopic (exact) mass is 264 g/mol. The molecule has 0 fully saturated rings. The van der Waals surface area contributed by atoms with E-state index >= 15 is 0 Å². The molecular formula is C13H13FN2OS. The zero-order valence-corrected chi connectivity index (χ0v) is 10.9. The molecule has 0 saturated carbocycles. The van der Waals surface area contributed by atoms with E-state index in [0.717, 1.165) is 10.9 Å². The van der Waals surface area contributed by atoms with Crippen molar-refractivity contribution in [2.45, 2.75) is 19.9 Å². The normalized spacial score (nSPS) is 12.2. The summed E-state index contributed by atoms with van der Waals surface area (Å²) in [4.78, 5) is 17.6. The van der Waals surface area contributed by atoms with Crippen molar-refractivity contribution in [1.29, 1.82) is 0 Å². The number of aryl methyl sites for hydroxylation is 1. The number of halogens is 1. The smallest absolute Gasteiger partial charge is 0.251 e. The molecule has 3 nitrogen and oxygen atoms in total. The van der Waals surface area contributed by atoms with Crippen LogP contribution in [0.2, 0.25) is 0 Å². The highest BCUT2D eigenvalue weighted by molar-refractivity contribution is 7.12. The molecule has 2 heterocycles. The van der Waals surface area contributed by atoms with Crippen molar-refractivity contribution >= 4 is 17.2 Å². The molecular weight excluding hydrogens is 251 g/mol. The summed E-state index contributed by atoms with van der Waals surface area (Å²) in [6.07, 6.45) is 1.28. The van der Waals surface area contributed by atoms with E-state index in [1.54, 1.807) is 11.3 Å². The van der Waals surface area contributed by atoms with Crippen molar-refractivity contribution < 1.29 is 9.18 Å². The average molecular weight is 264 g/mol. The molecule has 1 N–H and O–H groups in total. The van der Waals surface area contributed by atoms with Gasteiger partial charge in [0.1, 0.15) is 0 Å². The number of rotatable bonds is 3. The maximum Gasteiger partial charge on any atom is 0.251 e. The minimum Gasteiger partial charge on any atom is -0.345 e. The standard InChI is InChI=1S/C13H13FN2OS/c1-8-3-4-11(18-8)9(2)16-13(17)10-5-6-15-12(14)7-10/h3-7,9H,1-2H3,(H,16,17). The quantitative estimate of drug-likeness (QED) is 0.866. The van der Waals surface area contributed by atoms with Gasteiger partial charge in [0.2, 0.25) is 5.95 Å². The van der Waals surface area contributed by atoms with Gasteiger partial charge in [0.15, 0.2) is 0 Å². The molecule has 0 saturated heterocycles. The summed E-state index contributed by atoms with van der Waals surface area (Å²) < 4.78 is 12.9. The summed E-state index contributed by atoms with van der Waals surface area (Å²) in [5.74, 6) is -0.947. The van der Waals surface area contributed by atoms with E-state index in [1.807, 2.05) is 26.0 Å². The van der Waals surface area contributed by atoms with Crippen LogP contribution in [0.25, 0.3) is 0 Å². The Kier molecular flexibility index (Phi) is 3.72. The molecule has 0 spiro atoms. The molecule has 2 aromatic rings. The van der Waals surface area contributed by atoms with E-state index < -0.39 is 5.95 Å². The topological polar surface area (TPSA) is 42.0 Å².